The van der Waals surface area contributed by atoms with E-state index in [0.29, 0.717) is 29.1 Å². The first kappa shape index (κ1) is 16.7. The molecule has 0 spiro atoms. The van der Waals surface area contributed by atoms with Crippen LogP contribution in [0.25, 0.3) is 10.9 Å². The summed E-state index contributed by atoms with van der Waals surface area (Å²) in [5, 5.41) is 14.6. The number of aromatic nitrogens is 1. The van der Waals surface area contributed by atoms with Crippen LogP contribution in [0.1, 0.15) is 35.3 Å². The summed E-state index contributed by atoms with van der Waals surface area (Å²) in [5.41, 5.74) is 1.90. The van der Waals surface area contributed by atoms with Crippen LogP contribution >= 0.6 is 0 Å². The Hall–Kier alpha value is -3.15. The highest BCUT2D eigenvalue weighted by atomic mass is 16.6. The fraction of sp³-hybridized carbons (Fsp3) is 0.211. The zero-order chi connectivity index (χ0) is 17.8. The molecule has 2 N–H and O–H groups in total. The van der Waals surface area contributed by atoms with E-state index in [1.165, 1.54) is 11.6 Å². The van der Waals surface area contributed by atoms with E-state index in [2.05, 4.69) is 29.4 Å². The minimum atomic E-state index is -0.456. The topological polar surface area (TPSA) is 88.0 Å². The van der Waals surface area contributed by atoms with E-state index in [1.807, 2.05) is 18.2 Å². The summed E-state index contributed by atoms with van der Waals surface area (Å²) >= 11 is 0. The number of hydrogen-bond acceptors (Lipinski definition) is 3. The number of amides is 1. The fourth-order valence-corrected chi connectivity index (χ4v) is 2.86. The number of non-ortho nitro benzene ring substituents is 1. The molecule has 128 valence electrons. The van der Waals surface area contributed by atoms with Gasteiger partial charge in [-0.15, -0.1) is 0 Å². The summed E-state index contributed by atoms with van der Waals surface area (Å²) in [6.45, 7) is 2.65. The Morgan fingerprint density at radius 1 is 1.20 bits per heavy atom. The van der Waals surface area contributed by atoms with Gasteiger partial charge in [-0.1, -0.05) is 49.4 Å². The van der Waals surface area contributed by atoms with Gasteiger partial charge >= 0.3 is 0 Å². The minimum Gasteiger partial charge on any atom is -0.351 e. The van der Waals surface area contributed by atoms with E-state index < -0.39 is 4.92 Å². The molecule has 1 heterocycles. The van der Waals surface area contributed by atoms with E-state index in [1.54, 1.807) is 18.2 Å². The van der Waals surface area contributed by atoms with Crippen LogP contribution < -0.4 is 5.32 Å². The van der Waals surface area contributed by atoms with Gasteiger partial charge in [-0.05, 0) is 24.0 Å². The lowest BCUT2D eigenvalue weighted by Gasteiger charge is -2.12. The van der Waals surface area contributed by atoms with Crippen LogP contribution in [0.15, 0.2) is 54.6 Å². The van der Waals surface area contributed by atoms with Crippen molar-refractivity contribution in [1.82, 2.24) is 10.3 Å². The van der Waals surface area contributed by atoms with Crippen molar-refractivity contribution in [3.05, 3.63) is 76.0 Å². The van der Waals surface area contributed by atoms with Crippen LogP contribution in [0.3, 0.4) is 0 Å². The van der Waals surface area contributed by atoms with E-state index in [-0.39, 0.29) is 11.6 Å². The van der Waals surface area contributed by atoms with Crippen molar-refractivity contribution in [3.63, 3.8) is 0 Å². The van der Waals surface area contributed by atoms with Crippen LogP contribution in [0.5, 0.6) is 0 Å². The monoisotopic (exact) mass is 337 g/mol. The molecule has 1 amide bonds. The number of nitrogens with zero attached hydrogens (tertiary/aromatic N) is 1. The first-order chi connectivity index (χ1) is 12.1. The molecule has 0 fully saturated rings. The number of carbonyl (C=O) groups excluding carboxylic acids is 1. The second-order valence-corrected chi connectivity index (χ2v) is 6.04. The van der Waals surface area contributed by atoms with Crippen molar-refractivity contribution in [2.75, 3.05) is 6.54 Å². The van der Waals surface area contributed by atoms with Crippen LogP contribution in [0.4, 0.5) is 5.69 Å². The van der Waals surface area contributed by atoms with Crippen molar-refractivity contribution in [2.24, 2.45) is 0 Å². The van der Waals surface area contributed by atoms with Crippen molar-refractivity contribution >= 4 is 22.5 Å². The van der Waals surface area contributed by atoms with Gasteiger partial charge in [0.15, 0.2) is 0 Å². The zero-order valence-corrected chi connectivity index (χ0v) is 13.9. The van der Waals surface area contributed by atoms with Gasteiger partial charge < -0.3 is 10.3 Å². The highest BCUT2D eigenvalue weighted by molar-refractivity contribution is 6.00. The molecule has 6 heteroatoms. The van der Waals surface area contributed by atoms with E-state index in [4.69, 9.17) is 0 Å². The Labute approximate surface area is 145 Å². The number of rotatable bonds is 6. The average Bonchev–Trinajstić information content (AvgIpc) is 3.06. The van der Waals surface area contributed by atoms with Gasteiger partial charge in [-0.2, -0.15) is 0 Å². The van der Waals surface area contributed by atoms with Crippen LogP contribution in [0, 0.1) is 10.1 Å². The molecule has 0 aliphatic heterocycles. The zero-order valence-electron chi connectivity index (χ0n) is 13.9. The summed E-state index contributed by atoms with van der Waals surface area (Å²) in [6, 6.07) is 16.5. The van der Waals surface area contributed by atoms with Crippen molar-refractivity contribution in [2.45, 2.75) is 19.3 Å². The first-order valence-electron chi connectivity index (χ1n) is 8.15. The molecule has 2 aromatic carbocycles. The quantitative estimate of drug-likeness (QED) is 0.526. The number of hydrogen-bond donors (Lipinski definition) is 2. The fourth-order valence-electron chi connectivity index (χ4n) is 2.86. The summed E-state index contributed by atoms with van der Waals surface area (Å²) in [5.74, 6) is 0.0797. The molecule has 0 bridgehead atoms. The highest BCUT2D eigenvalue weighted by Crippen LogP contribution is 2.25. The summed E-state index contributed by atoms with van der Waals surface area (Å²) in [4.78, 5) is 25.8. The molecular formula is C19H19N3O3. The maximum Gasteiger partial charge on any atom is 0.293 e. The summed E-state index contributed by atoms with van der Waals surface area (Å²) in [7, 11) is 0. The molecule has 1 unspecified atom stereocenters. The molecule has 1 atom stereocenters. The smallest absolute Gasteiger partial charge is 0.293 e. The molecule has 0 saturated heterocycles. The molecule has 25 heavy (non-hydrogen) atoms. The van der Waals surface area contributed by atoms with E-state index in [0.717, 1.165) is 6.42 Å². The third-order valence-electron chi connectivity index (χ3n) is 4.31. The number of fused-ring (bicyclic) bond motifs is 1. The molecule has 3 rings (SSSR count). The minimum absolute atomic E-state index is 0.0331. The molecule has 1 aromatic heterocycles. The number of nitrogens with one attached hydrogen (secondary N) is 2. The second-order valence-electron chi connectivity index (χ2n) is 6.04. The summed E-state index contributed by atoms with van der Waals surface area (Å²) < 4.78 is 0. The van der Waals surface area contributed by atoms with Crippen LogP contribution in [0.2, 0.25) is 0 Å². The number of carbonyl (C=O) groups is 1. The molecule has 0 aliphatic rings. The molecule has 6 nitrogen and oxygen atoms in total. The number of nitro benzene ring substituents is 1. The third-order valence-corrected chi connectivity index (χ3v) is 4.31. The van der Waals surface area contributed by atoms with E-state index in [9.17, 15) is 14.9 Å². The largest absolute Gasteiger partial charge is 0.351 e. The predicted molar refractivity (Wildman–Crippen MR) is 96.8 cm³/mol. The third kappa shape index (κ3) is 3.68. The van der Waals surface area contributed by atoms with Gasteiger partial charge in [0.1, 0.15) is 11.2 Å². The predicted octanol–water partition coefficient (Wildman–Crippen LogP) is 4.00. The Balaban J connectivity index is 1.65. The SMILES string of the molecule is CC(CCNC(=O)c1cc2cccc([N+](=O)[O-])c2[nH]1)c1ccccc1. The van der Waals surface area contributed by atoms with Crippen LogP contribution in [-0.4, -0.2) is 22.4 Å². The molecule has 0 aliphatic carbocycles. The van der Waals surface area contributed by atoms with Gasteiger partial charge in [0.05, 0.1) is 4.92 Å². The number of H-pyrrole nitrogens is 1. The Kier molecular flexibility index (Phi) is 4.79. The molecule has 3 aromatic rings. The maximum atomic E-state index is 12.3. The lowest BCUT2D eigenvalue weighted by molar-refractivity contribution is -0.383. The van der Waals surface area contributed by atoms with Gasteiger partial charge in [-0.3, -0.25) is 14.9 Å². The number of aromatic amines is 1. The first-order valence-corrected chi connectivity index (χ1v) is 8.15. The van der Waals surface area contributed by atoms with Crippen molar-refractivity contribution in [3.8, 4) is 0 Å². The molecule has 0 radical (unpaired) electrons. The maximum absolute atomic E-state index is 12.3. The van der Waals surface area contributed by atoms with Gasteiger partial charge in [-0.25, -0.2) is 0 Å². The Morgan fingerprint density at radius 3 is 2.68 bits per heavy atom. The number of para-hydroxylation sites is 1. The van der Waals surface area contributed by atoms with Crippen LogP contribution in [-0.2, 0) is 0 Å². The molecule has 0 saturated carbocycles. The Bertz CT molecular complexity index is 903. The average molecular weight is 337 g/mol. The number of nitro groups is 1. The standard InChI is InChI=1S/C19H19N3O3/c1-13(14-6-3-2-4-7-14)10-11-20-19(23)16-12-15-8-5-9-17(22(24)25)18(15)21-16/h2-9,12-13,21H,10-11H2,1H3,(H,20,23). The van der Waals surface area contributed by atoms with Crippen molar-refractivity contribution in [1.29, 1.82) is 0 Å². The Morgan fingerprint density at radius 2 is 1.96 bits per heavy atom. The normalized spacial score (nSPS) is 12.0. The second kappa shape index (κ2) is 7.17. The molecular weight excluding hydrogens is 318 g/mol. The van der Waals surface area contributed by atoms with Gasteiger partial charge in [0.2, 0.25) is 0 Å². The lowest BCUT2D eigenvalue weighted by Crippen LogP contribution is -2.25. The van der Waals surface area contributed by atoms with Gasteiger partial charge in [0, 0.05) is 18.0 Å². The number of benzene rings is 2. The summed E-state index contributed by atoms with van der Waals surface area (Å²) in [6.07, 6.45) is 0.816. The van der Waals surface area contributed by atoms with Gasteiger partial charge in [0.25, 0.3) is 11.6 Å². The van der Waals surface area contributed by atoms with E-state index >= 15 is 0 Å². The van der Waals surface area contributed by atoms with Crippen molar-refractivity contribution < 1.29 is 9.72 Å². The highest BCUT2D eigenvalue weighted by Gasteiger charge is 2.16. The lowest BCUT2D eigenvalue weighted by atomic mass is 9.98.